The zero-order valence-corrected chi connectivity index (χ0v) is 14.1. The van der Waals surface area contributed by atoms with E-state index >= 15 is 0 Å². The molecule has 2 rings (SSSR count). The summed E-state index contributed by atoms with van der Waals surface area (Å²) in [6.45, 7) is 2.91. The Labute approximate surface area is 137 Å². The number of halogens is 3. The van der Waals surface area contributed by atoms with Crippen LogP contribution in [0.25, 0.3) is 0 Å². The van der Waals surface area contributed by atoms with Crippen LogP contribution < -0.4 is 5.32 Å². The third kappa shape index (κ3) is 3.71. The quantitative estimate of drug-likeness (QED) is 0.679. The molecule has 1 unspecified atom stereocenters. The van der Waals surface area contributed by atoms with Gasteiger partial charge in [-0.3, -0.25) is 0 Å². The van der Waals surface area contributed by atoms with Crippen LogP contribution in [0.5, 0.6) is 0 Å². The molecule has 0 heterocycles. The van der Waals surface area contributed by atoms with Crippen LogP contribution in [-0.2, 0) is 0 Å². The minimum absolute atomic E-state index is 0.179. The fourth-order valence-electron chi connectivity index (χ4n) is 2.12. The molecule has 0 aliphatic rings. The fraction of sp³-hybridized carbons (Fsp3) is 0.250. The molecule has 2 aromatic carbocycles. The van der Waals surface area contributed by atoms with E-state index in [4.69, 9.17) is 11.6 Å². The maximum Gasteiger partial charge on any atom is 0.128 e. The summed E-state index contributed by atoms with van der Waals surface area (Å²) in [7, 11) is 0. The van der Waals surface area contributed by atoms with Crippen LogP contribution in [0, 0.1) is 9.39 Å². The molecule has 0 bridgehead atoms. The monoisotopic (exact) mass is 403 g/mol. The van der Waals surface area contributed by atoms with E-state index < -0.39 is 0 Å². The van der Waals surface area contributed by atoms with E-state index in [1.54, 1.807) is 6.07 Å². The van der Waals surface area contributed by atoms with E-state index in [0.29, 0.717) is 10.6 Å². The SMILES string of the molecule is CCCNC(c1ccccc1F)c1cc(Cl)ccc1I. The van der Waals surface area contributed by atoms with Crippen molar-refractivity contribution in [3.05, 3.63) is 68.0 Å². The Bertz CT molecular complexity index is 588. The van der Waals surface area contributed by atoms with Gasteiger partial charge in [0, 0.05) is 14.2 Å². The van der Waals surface area contributed by atoms with Gasteiger partial charge in [0.25, 0.3) is 0 Å². The highest BCUT2D eigenvalue weighted by Crippen LogP contribution is 2.30. The Morgan fingerprint density at radius 1 is 1.20 bits per heavy atom. The van der Waals surface area contributed by atoms with E-state index in [-0.39, 0.29) is 11.9 Å². The van der Waals surface area contributed by atoms with Crippen molar-refractivity contribution >= 4 is 34.2 Å². The first kappa shape index (κ1) is 15.7. The minimum atomic E-state index is -0.197. The van der Waals surface area contributed by atoms with Gasteiger partial charge in [-0.15, -0.1) is 0 Å². The van der Waals surface area contributed by atoms with Gasteiger partial charge in [-0.1, -0.05) is 36.7 Å². The molecule has 1 nitrogen and oxygen atoms in total. The van der Waals surface area contributed by atoms with Gasteiger partial charge in [-0.2, -0.15) is 0 Å². The lowest BCUT2D eigenvalue weighted by molar-refractivity contribution is 0.545. The largest absolute Gasteiger partial charge is 0.306 e. The Hall–Kier alpha value is -0.650. The van der Waals surface area contributed by atoms with Gasteiger partial charge in [0.2, 0.25) is 0 Å². The van der Waals surface area contributed by atoms with Crippen LogP contribution in [0.2, 0.25) is 5.02 Å². The van der Waals surface area contributed by atoms with E-state index in [2.05, 4.69) is 34.8 Å². The lowest BCUT2D eigenvalue weighted by Gasteiger charge is -2.21. The molecular weight excluding hydrogens is 388 g/mol. The summed E-state index contributed by atoms with van der Waals surface area (Å²) in [5.41, 5.74) is 1.66. The van der Waals surface area contributed by atoms with Gasteiger partial charge in [-0.25, -0.2) is 4.39 Å². The number of nitrogens with one attached hydrogen (secondary N) is 1. The molecular formula is C16H16ClFIN. The van der Waals surface area contributed by atoms with Crippen molar-refractivity contribution in [2.24, 2.45) is 0 Å². The molecule has 0 saturated carbocycles. The molecule has 0 radical (unpaired) electrons. The number of rotatable bonds is 5. The van der Waals surface area contributed by atoms with Crippen LogP contribution in [-0.4, -0.2) is 6.54 Å². The third-order valence-electron chi connectivity index (χ3n) is 3.08. The molecule has 106 valence electrons. The predicted octanol–water partition coefficient (Wildman–Crippen LogP) is 5.17. The Morgan fingerprint density at radius 3 is 2.65 bits per heavy atom. The highest BCUT2D eigenvalue weighted by molar-refractivity contribution is 14.1. The molecule has 2 aromatic rings. The summed E-state index contributed by atoms with van der Waals surface area (Å²) in [4.78, 5) is 0. The maximum absolute atomic E-state index is 14.1. The summed E-state index contributed by atoms with van der Waals surface area (Å²) in [5.74, 6) is -0.197. The molecule has 0 aromatic heterocycles. The van der Waals surface area contributed by atoms with Crippen LogP contribution in [0.4, 0.5) is 4.39 Å². The molecule has 0 saturated heterocycles. The second-order valence-corrected chi connectivity index (χ2v) is 6.17. The summed E-state index contributed by atoms with van der Waals surface area (Å²) < 4.78 is 15.2. The first-order valence-electron chi connectivity index (χ1n) is 6.56. The van der Waals surface area contributed by atoms with Crippen LogP contribution >= 0.6 is 34.2 Å². The number of hydrogen-bond donors (Lipinski definition) is 1. The van der Waals surface area contributed by atoms with Gasteiger partial charge >= 0.3 is 0 Å². The minimum Gasteiger partial charge on any atom is -0.306 e. The predicted molar refractivity (Wildman–Crippen MR) is 90.7 cm³/mol. The van der Waals surface area contributed by atoms with Crippen LogP contribution in [0.3, 0.4) is 0 Å². The topological polar surface area (TPSA) is 12.0 Å². The molecule has 0 aliphatic heterocycles. The Kier molecular flexibility index (Phi) is 5.81. The van der Waals surface area contributed by atoms with Gasteiger partial charge in [0.05, 0.1) is 6.04 Å². The van der Waals surface area contributed by atoms with Crippen LogP contribution in [0.15, 0.2) is 42.5 Å². The second-order valence-electron chi connectivity index (χ2n) is 4.57. The van der Waals surface area contributed by atoms with Crippen molar-refractivity contribution < 1.29 is 4.39 Å². The van der Waals surface area contributed by atoms with Crippen molar-refractivity contribution in [1.29, 1.82) is 0 Å². The zero-order chi connectivity index (χ0) is 14.5. The number of hydrogen-bond acceptors (Lipinski definition) is 1. The highest BCUT2D eigenvalue weighted by Gasteiger charge is 2.19. The van der Waals surface area contributed by atoms with Crippen molar-refractivity contribution in [3.63, 3.8) is 0 Å². The summed E-state index contributed by atoms with van der Waals surface area (Å²) >= 11 is 8.36. The summed E-state index contributed by atoms with van der Waals surface area (Å²) in [5, 5.41) is 4.07. The molecule has 0 spiro atoms. The van der Waals surface area contributed by atoms with Gasteiger partial charge in [0.15, 0.2) is 0 Å². The molecule has 4 heteroatoms. The van der Waals surface area contributed by atoms with Crippen molar-refractivity contribution in [2.45, 2.75) is 19.4 Å². The molecule has 1 atom stereocenters. The van der Waals surface area contributed by atoms with Gasteiger partial charge in [-0.05, 0) is 65.4 Å². The van der Waals surface area contributed by atoms with E-state index in [9.17, 15) is 4.39 Å². The van der Waals surface area contributed by atoms with Gasteiger partial charge in [0.1, 0.15) is 5.82 Å². The standard InChI is InChI=1S/C16H16ClFIN/c1-2-9-20-16(12-5-3-4-6-14(12)18)13-10-11(17)7-8-15(13)19/h3-8,10,16,20H,2,9H2,1H3. The van der Waals surface area contributed by atoms with E-state index in [1.807, 2.05) is 30.3 Å². The first-order chi connectivity index (χ1) is 9.63. The average Bonchev–Trinajstić information content (AvgIpc) is 2.44. The highest BCUT2D eigenvalue weighted by atomic mass is 127. The summed E-state index contributed by atoms with van der Waals surface area (Å²) in [6, 6.07) is 12.4. The third-order valence-corrected chi connectivity index (χ3v) is 4.30. The molecule has 0 fully saturated rings. The lowest BCUT2D eigenvalue weighted by Crippen LogP contribution is -2.24. The Morgan fingerprint density at radius 2 is 1.95 bits per heavy atom. The maximum atomic E-state index is 14.1. The fourth-order valence-corrected chi connectivity index (χ4v) is 2.95. The van der Waals surface area contributed by atoms with E-state index in [0.717, 1.165) is 22.1 Å². The molecule has 0 aliphatic carbocycles. The average molecular weight is 404 g/mol. The van der Waals surface area contributed by atoms with E-state index in [1.165, 1.54) is 6.07 Å². The molecule has 1 N–H and O–H groups in total. The van der Waals surface area contributed by atoms with Crippen molar-refractivity contribution in [3.8, 4) is 0 Å². The molecule has 20 heavy (non-hydrogen) atoms. The van der Waals surface area contributed by atoms with Crippen molar-refractivity contribution in [1.82, 2.24) is 5.32 Å². The number of benzene rings is 2. The second kappa shape index (κ2) is 7.38. The lowest BCUT2D eigenvalue weighted by atomic mass is 9.98. The van der Waals surface area contributed by atoms with Gasteiger partial charge < -0.3 is 5.32 Å². The molecule has 0 amide bonds. The zero-order valence-electron chi connectivity index (χ0n) is 11.2. The first-order valence-corrected chi connectivity index (χ1v) is 8.02. The smallest absolute Gasteiger partial charge is 0.128 e. The van der Waals surface area contributed by atoms with Crippen LogP contribution in [0.1, 0.15) is 30.5 Å². The summed E-state index contributed by atoms with van der Waals surface area (Å²) in [6.07, 6.45) is 0.988. The normalized spacial score (nSPS) is 12.4. The Balaban J connectivity index is 2.47. The van der Waals surface area contributed by atoms with Crippen molar-refractivity contribution in [2.75, 3.05) is 6.54 Å².